The first-order chi connectivity index (χ1) is 8.81. The minimum Gasteiger partial charge on any atom is -0.465 e. The van der Waals surface area contributed by atoms with Gasteiger partial charge in [-0.25, -0.2) is 4.79 Å². The van der Waals surface area contributed by atoms with Crippen LogP contribution in [0.1, 0.15) is 58.3 Å². The van der Waals surface area contributed by atoms with Gasteiger partial charge in [0, 0.05) is 6.08 Å². The van der Waals surface area contributed by atoms with Gasteiger partial charge in [0.05, 0.1) is 6.26 Å². The average Bonchev–Trinajstić information content (AvgIpc) is 2.39. The number of unbranched alkanes of at least 4 members (excludes halogenated alkanes) is 7. The van der Waals surface area contributed by atoms with Crippen LogP contribution in [0.25, 0.3) is 0 Å². The first kappa shape index (κ1) is 16.8. The van der Waals surface area contributed by atoms with E-state index in [0.29, 0.717) is 0 Å². The van der Waals surface area contributed by atoms with Crippen LogP contribution in [0, 0.1) is 0 Å². The van der Waals surface area contributed by atoms with Crippen LogP contribution < -0.4 is 0 Å². The zero-order chi connectivity index (χ0) is 13.5. The number of rotatable bonds is 12. The molecule has 0 heterocycles. The molecule has 0 saturated carbocycles. The summed E-state index contributed by atoms with van der Waals surface area (Å²) in [7, 11) is 0. The third kappa shape index (κ3) is 12.8. The Morgan fingerprint density at radius 3 is 2.44 bits per heavy atom. The molecule has 0 spiro atoms. The normalized spacial score (nSPS) is 10.5. The van der Waals surface area contributed by atoms with Crippen molar-refractivity contribution in [2.24, 2.45) is 0 Å². The predicted molar refractivity (Wildman–Crippen MR) is 74.0 cm³/mol. The van der Waals surface area contributed by atoms with E-state index in [1.165, 1.54) is 44.9 Å². The molecule has 0 rings (SSSR count). The summed E-state index contributed by atoms with van der Waals surface area (Å²) in [5.41, 5.74) is 0. The number of hydrogen-bond acceptors (Lipinski definition) is 3. The maximum atomic E-state index is 10.6. The van der Waals surface area contributed by atoms with Crippen LogP contribution in [-0.4, -0.2) is 12.8 Å². The third-order valence-corrected chi connectivity index (χ3v) is 2.60. The van der Waals surface area contributed by atoms with Gasteiger partial charge in [-0.3, -0.25) is 0 Å². The quantitative estimate of drug-likeness (QED) is 0.171. The van der Waals surface area contributed by atoms with Crippen LogP contribution in [0.2, 0.25) is 0 Å². The van der Waals surface area contributed by atoms with E-state index in [1.807, 2.05) is 6.08 Å². The summed E-state index contributed by atoms with van der Waals surface area (Å²) >= 11 is 0. The van der Waals surface area contributed by atoms with E-state index in [4.69, 9.17) is 4.74 Å². The highest BCUT2D eigenvalue weighted by Gasteiger charge is 1.92. The first-order valence-corrected chi connectivity index (χ1v) is 6.87. The van der Waals surface area contributed by atoms with Gasteiger partial charge in [-0.1, -0.05) is 52.0 Å². The number of carbonyl (C=O) groups is 1. The molecule has 104 valence electrons. The molecule has 0 aliphatic heterocycles. The summed E-state index contributed by atoms with van der Waals surface area (Å²) in [4.78, 5) is 10.6. The largest absolute Gasteiger partial charge is 0.465 e. The molecule has 0 aromatic carbocycles. The minimum absolute atomic E-state index is 0.0433. The fourth-order valence-corrected chi connectivity index (χ4v) is 1.55. The molecule has 0 atom stereocenters. The Morgan fingerprint density at radius 1 is 1.11 bits per heavy atom. The van der Waals surface area contributed by atoms with Crippen molar-refractivity contribution < 1.29 is 14.3 Å². The fourth-order valence-electron chi connectivity index (χ4n) is 1.55. The molecule has 0 fully saturated rings. The molecule has 0 N–H and O–H groups in total. The summed E-state index contributed by atoms with van der Waals surface area (Å²) < 4.78 is 9.64. The second kappa shape index (κ2) is 13.8. The number of ether oxygens (including phenoxy) is 2. The number of esters is 1. The minimum atomic E-state index is -0.463. The fraction of sp³-hybridized carbons (Fsp3) is 0.667. The lowest BCUT2D eigenvalue weighted by Crippen LogP contribution is -2.02. The van der Waals surface area contributed by atoms with Gasteiger partial charge in [-0.2, -0.15) is 0 Å². The molecular weight excluding hydrogens is 228 g/mol. The Bertz CT molecular complexity index is 234. The smallest absolute Gasteiger partial charge is 0.333 e. The third-order valence-electron chi connectivity index (χ3n) is 2.60. The Balaban J connectivity index is 3.13. The number of carbonyl (C=O) groups excluding carboxylic acids is 1. The standard InChI is InChI=1S/C15H26O3/c1-3-5-6-7-8-9-10-11-12-13-17-14-18-15(16)4-2/h4,12-13H,2-3,5-11,14H2,1H3. The molecule has 0 bridgehead atoms. The molecule has 0 aromatic rings. The van der Waals surface area contributed by atoms with Crippen LogP contribution in [-0.2, 0) is 14.3 Å². The SMILES string of the molecule is C=CC(=O)OCOC=CCCCCCCCCC. The molecule has 0 aliphatic rings. The van der Waals surface area contributed by atoms with E-state index in [2.05, 4.69) is 18.2 Å². The summed E-state index contributed by atoms with van der Waals surface area (Å²) in [6.07, 6.45) is 14.9. The van der Waals surface area contributed by atoms with Crippen molar-refractivity contribution in [3.05, 3.63) is 25.0 Å². The molecule has 0 saturated heterocycles. The van der Waals surface area contributed by atoms with Crippen LogP contribution in [0.3, 0.4) is 0 Å². The maximum absolute atomic E-state index is 10.6. The summed E-state index contributed by atoms with van der Waals surface area (Å²) in [6.45, 7) is 5.48. The second-order valence-corrected chi connectivity index (χ2v) is 4.23. The van der Waals surface area contributed by atoms with Crippen molar-refractivity contribution in [2.75, 3.05) is 6.79 Å². The molecule has 0 unspecified atom stereocenters. The van der Waals surface area contributed by atoms with E-state index in [1.54, 1.807) is 6.26 Å². The van der Waals surface area contributed by atoms with Gasteiger partial charge in [-0.05, 0) is 18.9 Å². The number of allylic oxidation sites excluding steroid dienone is 1. The van der Waals surface area contributed by atoms with Gasteiger partial charge in [0.15, 0.2) is 0 Å². The first-order valence-electron chi connectivity index (χ1n) is 6.87. The van der Waals surface area contributed by atoms with Gasteiger partial charge in [0.2, 0.25) is 6.79 Å². The lowest BCUT2D eigenvalue weighted by molar-refractivity contribution is -0.146. The average molecular weight is 254 g/mol. The molecule has 0 radical (unpaired) electrons. The van der Waals surface area contributed by atoms with Crippen molar-refractivity contribution >= 4 is 5.97 Å². The zero-order valence-electron chi connectivity index (χ0n) is 11.5. The van der Waals surface area contributed by atoms with E-state index in [-0.39, 0.29) is 6.79 Å². The van der Waals surface area contributed by atoms with Crippen LogP contribution in [0.15, 0.2) is 25.0 Å². The molecule has 3 nitrogen and oxygen atoms in total. The van der Waals surface area contributed by atoms with Gasteiger partial charge >= 0.3 is 5.97 Å². The summed E-state index contributed by atoms with van der Waals surface area (Å²) in [6, 6.07) is 0. The van der Waals surface area contributed by atoms with E-state index >= 15 is 0 Å². The zero-order valence-corrected chi connectivity index (χ0v) is 11.5. The van der Waals surface area contributed by atoms with Crippen molar-refractivity contribution in [3.8, 4) is 0 Å². The highest BCUT2D eigenvalue weighted by atomic mass is 16.7. The van der Waals surface area contributed by atoms with Gasteiger partial charge in [0.25, 0.3) is 0 Å². The Labute approximate surface area is 111 Å². The van der Waals surface area contributed by atoms with Crippen LogP contribution in [0.4, 0.5) is 0 Å². The molecule has 18 heavy (non-hydrogen) atoms. The van der Waals surface area contributed by atoms with Crippen molar-refractivity contribution in [1.82, 2.24) is 0 Å². The predicted octanol–water partition coefficient (Wildman–Crippen LogP) is 4.34. The van der Waals surface area contributed by atoms with Crippen molar-refractivity contribution in [3.63, 3.8) is 0 Å². The second-order valence-electron chi connectivity index (χ2n) is 4.23. The highest BCUT2D eigenvalue weighted by Crippen LogP contribution is 2.08. The number of hydrogen-bond donors (Lipinski definition) is 0. The Kier molecular flexibility index (Phi) is 12.9. The van der Waals surface area contributed by atoms with E-state index in [9.17, 15) is 4.79 Å². The topological polar surface area (TPSA) is 35.5 Å². The monoisotopic (exact) mass is 254 g/mol. The highest BCUT2D eigenvalue weighted by molar-refractivity contribution is 5.81. The lowest BCUT2D eigenvalue weighted by atomic mass is 10.1. The molecule has 0 aromatic heterocycles. The van der Waals surface area contributed by atoms with Crippen LogP contribution in [0.5, 0.6) is 0 Å². The van der Waals surface area contributed by atoms with Crippen molar-refractivity contribution in [2.45, 2.75) is 58.3 Å². The van der Waals surface area contributed by atoms with Crippen LogP contribution >= 0.6 is 0 Å². The Morgan fingerprint density at radius 2 is 1.78 bits per heavy atom. The molecular formula is C15H26O3. The van der Waals surface area contributed by atoms with Gasteiger partial charge < -0.3 is 9.47 Å². The lowest BCUT2D eigenvalue weighted by Gasteiger charge is -2.01. The van der Waals surface area contributed by atoms with E-state index < -0.39 is 5.97 Å². The van der Waals surface area contributed by atoms with Gasteiger partial charge in [0.1, 0.15) is 0 Å². The summed E-state index contributed by atoms with van der Waals surface area (Å²) in [5, 5.41) is 0. The van der Waals surface area contributed by atoms with Crippen molar-refractivity contribution in [1.29, 1.82) is 0 Å². The maximum Gasteiger partial charge on any atom is 0.333 e. The molecule has 3 heteroatoms. The van der Waals surface area contributed by atoms with E-state index in [0.717, 1.165) is 12.5 Å². The molecule has 0 amide bonds. The van der Waals surface area contributed by atoms with Gasteiger partial charge in [-0.15, -0.1) is 0 Å². The summed E-state index contributed by atoms with van der Waals surface area (Å²) in [5.74, 6) is -0.463. The Hall–Kier alpha value is -1.25. The molecule has 0 aliphatic carbocycles.